The molecule has 0 fully saturated rings. The lowest BCUT2D eigenvalue weighted by Crippen LogP contribution is -2.46. The number of rotatable bonds is 4. The summed E-state index contributed by atoms with van der Waals surface area (Å²) >= 11 is 0. The molecule has 3 rings (SSSR count). The fourth-order valence-electron chi connectivity index (χ4n) is 2.98. The first kappa shape index (κ1) is 18.0. The van der Waals surface area contributed by atoms with Crippen LogP contribution in [0.2, 0.25) is 0 Å². The van der Waals surface area contributed by atoms with Gasteiger partial charge in [0.15, 0.2) is 0 Å². The van der Waals surface area contributed by atoms with Crippen molar-refractivity contribution in [1.82, 2.24) is 0 Å². The number of anilines is 1. The fraction of sp³-hybridized carbons (Fsp3) is 0.176. The van der Waals surface area contributed by atoms with Crippen LogP contribution in [0.5, 0.6) is 0 Å². The lowest BCUT2D eigenvalue weighted by atomic mass is 10.1. The summed E-state index contributed by atoms with van der Waals surface area (Å²) in [6.07, 6.45) is 0.168. The van der Waals surface area contributed by atoms with E-state index >= 15 is 0 Å². The Kier molecular flexibility index (Phi) is 4.49. The van der Waals surface area contributed by atoms with Crippen molar-refractivity contribution in [3.8, 4) is 0 Å². The van der Waals surface area contributed by atoms with E-state index in [1.807, 2.05) is 0 Å². The van der Waals surface area contributed by atoms with Crippen LogP contribution >= 0.6 is 0 Å². The molecule has 1 aliphatic rings. The van der Waals surface area contributed by atoms with E-state index < -0.39 is 43.9 Å². The van der Waals surface area contributed by atoms with E-state index in [1.165, 1.54) is 12.1 Å². The molecule has 2 N–H and O–H groups in total. The topological polar surface area (TPSA) is 97.5 Å². The van der Waals surface area contributed by atoms with Crippen molar-refractivity contribution in [2.75, 3.05) is 4.90 Å². The summed E-state index contributed by atoms with van der Waals surface area (Å²) in [6, 6.07) is 10.3. The van der Waals surface area contributed by atoms with Crippen LogP contribution in [0.15, 0.2) is 53.4 Å². The minimum Gasteiger partial charge on any atom is -0.368 e. The molecule has 0 saturated carbocycles. The third-order valence-corrected chi connectivity index (χ3v) is 5.62. The second kappa shape index (κ2) is 6.49. The highest BCUT2D eigenvalue weighted by Gasteiger charge is 2.40. The number of primary amides is 1. The minimum atomic E-state index is -4.99. The van der Waals surface area contributed by atoms with Gasteiger partial charge < -0.3 is 5.73 Å². The van der Waals surface area contributed by atoms with Crippen LogP contribution in [0.25, 0.3) is 0 Å². The molecule has 26 heavy (non-hydrogen) atoms. The Labute approximate surface area is 148 Å². The number of nitrogens with zero attached hydrogens (tertiary/aromatic N) is 1. The summed E-state index contributed by atoms with van der Waals surface area (Å²) in [5.41, 5.74) is 6.02. The van der Waals surface area contributed by atoms with Gasteiger partial charge >= 0.3 is 5.76 Å². The number of alkyl halides is 2. The third kappa shape index (κ3) is 2.84. The monoisotopic (exact) mass is 380 g/mol. The van der Waals surface area contributed by atoms with Crippen LogP contribution in [0, 0.1) is 0 Å². The molecule has 0 unspecified atom stereocenters. The molecule has 2 amide bonds. The van der Waals surface area contributed by atoms with Crippen LogP contribution in [0.4, 0.5) is 14.5 Å². The summed E-state index contributed by atoms with van der Waals surface area (Å²) in [5, 5.41) is 0. The Morgan fingerprint density at radius 2 is 1.69 bits per heavy atom. The Bertz CT molecular complexity index is 992. The van der Waals surface area contributed by atoms with Gasteiger partial charge in [0.05, 0.1) is 10.5 Å². The molecule has 9 heteroatoms. The maximum Gasteiger partial charge on any atom is 0.341 e. The number of fused-ring (bicyclic) bond motifs is 1. The van der Waals surface area contributed by atoms with Gasteiger partial charge in [0, 0.05) is 12.1 Å². The summed E-state index contributed by atoms with van der Waals surface area (Å²) in [5.74, 6) is -5.32. The molecule has 0 bridgehead atoms. The summed E-state index contributed by atoms with van der Waals surface area (Å²) in [6.45, 7) is 0. The van der Waals surface area contributed by atoms with Crippen molar-refractivity contribution in [2.24, 2.45) is 5.73 Å². The maximum absolute atomic E-state index is 13.0. The maximum atomic E-state index is 13.0. The Morgan fingerprint density at radius 1 is 1.08 bits per heavy atom. The van der Waals surface area contributed by atoms with E-state index in [2.05, 4.69) is 0 Å². The smallest absolute Gasteiger partial charge is 0.341 e. The van der Waals surface area contributed by atoms with Crippen LogP contribution in [-0.2, 0) is 21.1 Å². The van der Waals surface area contributed by atoms with Crippen molar-refractivity contribution in [3.63, 3.8) is 0 Å². The van der Waals surface area contributed by atoms with Gasteiger partial charge in [-0.25, -0.2) is 8.42 Å². The molecule has 1 aliphatic heterocycles. The van der Waals surface area contributed by atoms with Gasteiger partial charge in [0.1, 0.15) is 6.04 Å². The highest BCUT2D eigenvalue weighted by atomic mass is 32.2. The van der Waals surface area contributed by atoms with Crippen molar-refractivity contribution in [3.05, 3.63) is 59.7 Å². The molecular formula is C17H14F2N2O4S. The number of carbonyl (C=O) groups excluding carboxylic acids is 2. The second-order valence-electron chi connectivity index (χ2n) is 5.73. The highest BCUT2D eigenvalue weighted by molar-refractivity contribution is 7.91. The molecule has 136 valence electrons. The summed E-state index contributed by atoms with van der Waals surface area (Å²) in [7, 11) is -4.99. The summed E-state index contributed by atoms with van der Waals surface area (Å²) < 4.78 is 49.8. The number of benzene rings is 2. The molecule has 0 spiro atoms. The number of hydrogen-bond acceptors (Lipinski definition) is 4. The molecule has 0 radical (unpaired) electrons. The number of para-hydroxylation sites is 1. The second-order valence-corrected chi connectivity index (χ2v) is 7.61. The average Bonchev–Trinajstić information content (AvgIpc) is 3.00. The largest absolute Gasteiger partial charge is 0.368 e. The lowest BCUT2D eigenvalue weighted by molar-refractivity contribution is -0.119. The third-order valence-electron chi connectivity index (χ3n) is 4.18. The van der Waals surface area contributed by atoms with E-state index in [0.717, 1.165) is 17.0 Å². The average molecular weight is 380 g/mol. The summed E-state index contributed by atoms with van der Waals surface area (Å²) in [4.78, 5) is 25.1. The fourth-order valence-corrected chi connectivity index (χ4v) is 3.90. The zero-order chi connectivity index (χ0) is 19.1. The zero-order valence-corrected chi connectivity index (χ0v) is 14.1. The van der Waals surface area contributed by atoms with E-state index in [4.69, 9.17) is 5.73 Å². The SMILES string of the molecule is NC(=O)[C@H]1Cc2ccccc2N1C(=O)c1ccccc1S(=O)(=O)C(F)F. The standard InChI is InChI=1S/C17H14F2N2O4S/c18-17(19)26(24,25)14-8-4-2-6-11(14)16(23)21-12-7-3-1-5-10(12)9-13(21)15(20)22/h1-8,13,17H,9H2,(H2,20,22)/t13-/m1/s1. The Hall–Kier alpha value is -2.81. The number of amides is 2. The van der Waals surface area contributed by atoms with Gasteiger partial charge in [0.2, 0.25) is 15.7 Å². The molecule has 1 heterocycles. The van der Waals surface area contributed by atoms with Gasteiger partial charge in [-0.2, -0.15) is 8.78 Å². The van der Waals surface area contributed by atoms with Gasteiger partial charge in [-0.1, -0.05) is 30.3 Å². The number of hydrogen-bond donors (Lipinski definition) is 1. The first-order chi connectivity index (χ1) is 12.2. The van der Waals surface area contributed by atoms with Crippen LogP contribution in [-0.4, -0.2) is 32.0 Å². The van der Waals surface area contributed by atoms with Crippen LogP contribution < -0.4 is 10.6 Å². The van der Waals surface area contributed by atoms with E-state index in [-0.39, 0.29) is 6.42 Å². The molecule has 2 aromatic rings. The number of carbonyl (C=O) groups is 2. The van der Waals surface area contributed by atoms with Crippen LogP contribution in [0.1, 0.15) is 15.9 Å². The van der Waals surface area contributed by atoms with E-state index in [0.29, 0.717) is 11.3 Å². The van der Waals surface area contributed by atoms with Gasteiger partial charge in [-0.15, -0.1) is 0 Å². The molecule has 0 aliphatic carbocycles. The first-order valence-electron chi connectivity index (χ1n) is 7.57. The van der Waals surface area contributed by atoms with E-state index in [9.17, 15) is 26.8 Å². The van der Waals surface area contributed by atoms with Gasteiger partial charge in [-0.05, 0) is 23.8 Å². The lowest BCUT2D eigenvalue weighted by Gasteiger charge is -2.24. The highest BCUT2D eigenvalue weighted by Crippen LogP contribution is 2.34. The molecule has 6 nitrogen and oxygen atoms in total. The Morgan fingerprint density at radius 3 is 2.35 bits per heavy atom. The quantitative estimate of drug-likeness (QED) is 0.874. The van der Waals surface area contributed by atoms with Crippen molar-refractivity contribution >= 4 is 27.3 Å². The van der Waals surface area contributed by atoms with Crippen LogP contribution in [0.3, 0.4) is 0 Å². The Balaban J connectivity index is 2.14. The predicted molar refractivity (Wildman–Crippen MR) is 89.6 cm³/mol. The molecule has 0 saturated heterocycles. The molecule has 2 aromatic carbocycles. The predicted octanol–water partition coefficient (Wildman–Crippen LogP) is 1.74. The van der Waals surface area contributed by atoms with Gasteiger partial charge in [0.25, 0.3) is 5.91 Å². The van der Waals surface area contributed by atoms with Crippen molar-refractivity contribution in [2.45, 2.75) is 23.1 Å². The van der Waals surface area contributed by atoms with Crippen molar-refractivity contribution in [1.29, 1.82) is 0 Å². The van der Waals surface area contributed by atoms with Gasteiger partial charge in [-0.3, -0.25) is 14.5 Å². The minimum absolute atomic E-state index is 0.168. The van der Waals surface area contributed by atoms with Crippen molar-refractivity contribution < 1.29 is 26.8 Å². The first-order valence-corrected chi connectivity index (χ1v) is 9.11. The van der Waals surface area contributed by atoms with E-state index in [1.54, 1.807) is 24.3 Å². The normalized spacial score (nSPS) is 16.6. The molecule has 0 aromatic heterocycles. The molecular weight excluding hydrogens is 366 g/mol. The number of sulfone groups is 1. The molecule has 1 atom stereocenters. The number of nitrogens with two attached hydrogens (primary N) is 1. The number of halogens is 2. The zero-order valence-electron chi connectivity index (χ0n) is 13.3.